The van der Waals surface area contributed by atoms with E-state index in [1.165, 1.54) is 6.08 Å². The molecule has 0 bridgehead atoms. The number of halogens is 3. The van der Waals surface area contributed by atoms with Crippen LogP contribution in [0, 0.1) is 0 Å². The molecule has 2 aromatic rings. The van der Waals surface area contributed by atoms with Crippen LogP contribution in [0.1, 0.15) is 18.1 Å². The first-order valence-electron chi connectivity index (χ1n) is 9.32. The smallest absolute Gasteiger partial charge is 0.329 e. The SMILES string of the molecule is C=CCN1C(=O)N/C(=C/c2cc(Br)c(OCc3ccc(Cl)cc3Cl)c(OCC)c2)C1=O. The molecule has 3 rings (SSSR count). The van der Waals surface area contributed by atoms with Crippen LogP contribution in [0.3, 0.4) is 0 Å². The molecule has 0 aromatic heterocycles. The molecule has 0 radical (unpaired) electrons. The number of carbonyl (C=O) groups is 2. The third-order valence-corrected chi connectivity index (χ3v) is 5.48. The maximum Gasteiger partial charge on any atom is 0.329 e. The molecule has 0 aliphatic carbocycles. The van der Waals surface area contributed by atoms with Crippen molar-refractivity contribution < 1.29 is 19.1 Å². The van der Waals surface area contributed by atoms with E-state index in [9.17, 15) is 9.59 Å². The van der Waals surface area contributed by atoms with Crippen molar-refractivity contribution in [3.8, 4) is 11.5 Å². The van der Waals surface area contributed by atoms with Crippen LogP contribution in [0.4, 0.5) is 4.79 Å². The molecule has 2 aromatic carbocycles. The van der Waals surface area contributed by atoms with Crippen molar-refractivity contribution >= 4 is 57.1 Å². The summed E-state index contributed by atoms with van der Waals surface area (Å²) in [7, 11) is 0. The predicted octanol–water partition coefficient (Wildman–Crippen LogP) is 5.81. The second-order valence-corrected chi connectivity index (χ2v) is 8.18. The number of imide groups is 1. The first-order chi connectivity index (χ1) is 14.8. The van der Waals surface area contributed by atoms with Crippen LogP contribution in [0.15, 0.2) is 53.2 Å². The number of nitrogens with zero attached hydrogens (tertiary/aromatic N) is 1. The molecule has 31 heavy (non-hydrogen) atoms. The van der Waals surface area contributed by atoms with Crippen LogP contribution in [0.2, 0.25) is 10.0 Å². The Balaban J connectivity index is 1.87. The zero-order valence-electron chi connectivity index (χ0n) is 16.6. The first kappa shape index (κ1) is 23.2. The summed E-state index contributed by atoms with van der Waals surface area (Å²) in [5.41, 5.74) is 1.59. The van der Waals surface area contributed by atoms with Crippen molar-refractivity contribution in [1.29, 1.82) is 0 Å². The monoisotopic (exact) mass is 524 g/mol. The Labute approximate surface area is 198 Å². The fourth-order valence-corrected chi connectivity index (χ4v) is 3.93. The first-order valence-corrected chi connectivity index (χ1v) is 10.9. The molecule has 0 atom stereocenters. The zero-order valence-corrected chi connectivity index (χ0v) is 19.7. The van der Waals surface area contributed by atoms with Gasteiger partial charge in [0.1, 0.15) is 12.3 Å². The molecular weight excluding hydrogens is 507 g/mol. The average molecular weight is 526 g/mol. The summed E-state index contributed by atoms with van der Waals surface area (Å²) in [6, 6.07) is 8.20. The van der Waals surface area contributed by atoms with Crippen molar-refractivity contribution in [3.63, 3.8) is 0 Å². The minimum Gasteiger partial charge on any atom is -0.490 e. The summed E-state index contributed by atoms with van der Waals surface area (Å²) >= 11 is 15.7. The van der Waals surface area contributed by atoms with E-state index in [1.54, 1.807) is 36.4 Å². The molecule has 3 amide bonds. The van der Waals surface area contributed by atoms with E-state index in [-0.39, 0.29) is 18.8 Å². The van der Waals surface area contributed by atoms with Crippen molar-refractivity contribution in [1.82, 2.24) is 10.2 Å². The molecule has 0 spiro atoms. The highest BCUT2D eigenvalue weighted by Gasteiger charge is 2.32. The van der Waals surface area contributed by atoms with Gasteiger partial charge in [-0.1, -0.05) is 35.3 Å². The lowest BCUT2D eigenvalue weighted by Crippen LogP contribution is -2.30. The van der Waals surface area contributed by atoms with Crippen molar-refractivity contribution in [2.45, 2.75) is 13.5 Å². The van der Waals surface area contributed by atoms with Gasteiger partial charge in [0.25, 0.3) is 5.91 Å². The minimum atomic E-state index is -0.486. The molecule has 6 nitrogen and oxygen atoms in total. The van der Waals surface area contributed by atoms with E-state index in [4.69, 9.17) is 32.7 Å². The third-order valence-electron chi connectivity index (χ3n) is 4.30. The second-order valence-electron chi connectivity index (χ2n) is 6.48. The Bertz CT molecular complexity index is 1070. The highest BCUT2D eigenvalue weighted by molar-refractivity contribution is 9.10. The maximum absolute atomic E-state index is 12.4. The summed E-state index contributed by atoms with van der Waals surface area (Å²) in [5.74, 6) is 0.551. The fourth-order valence-electron chi connectivity index (χ4n) is 2.90. The average Bonchev–Trinajstić information content (AvgIpc) is 2.96. The van der Waals surface area contributed by atoms with Crippen LogP contribution in [-0.2, 0) is 11.4 Å². The largest absolute Gasteiger partial charge is 0.490 e. The quantitative estimate of drug-likeness (QED) is 0.268. The molecule has 1 aliphatic rings. The number of urea groups is 1. The molecule has 1 aliphatic heterocycles. The number of nitrogens with one attached hydrogen (secondary N) is 1. The standard InChI is InChI=1S/C22H19BrCl2N2O4/c1-3-7-27-21(28)18(26-22(27)29)9-13-8-16(23)20(19(10-13)30-4-2)31-12-14-5-6-15(24)11-17(14)25/h3,5-6,8-11H,1,4,7,12H2,2H3,(H,26,29)/b18-9+. The Morgan fingerprint density at radius 1 is 1.19 bits per heavy atom. The van der Waals surface area contributed by atoms with E-state index < -0.39 is 11.9 Å². The molecule has 0 saturated carbocycles. The molecule has 0 unspecified atom stereocenters. The fraction of sp³-hybridized carbons (Fsp3) is 0.182. The highest BCUT2D eigenvalue weighted by Crippen LogP contribution is 2.38. The number of benzene rings is 2. The van der Waals surface area contributed by atoms with Gasteiger partial charge in [-0.2, -0.15) is 0 Å². The normalized spacial score (nSPS) is 14.7. The van der Waals surface area contributed by atoms with Crippen LogP contribution in [0.5, 0.6) is 11.5 Å². The van der Waals surface area contributed by atoms with Gasteiger partial charge in [0.15, 0.2) is 11.5 Å². The molecule has 1 N–H and O–H groups in total. The molecule has 162 valence electrons. The molecular formula is C22H19BrCl2N2O4. The van der Waals surface area contributed by atoms with E-state index in [0.717, 1.165) is 10.5 Å². The van der Waals surface area contributed by atoms with Gasteiger partial charge in [-0.25, -0.2) is 4.79 Å². The lowest BCUT2D eigenvalue weighted by Gasteiger charge is -2.15. The van der Waals surface area contributed by atoms with Crippen molar-refractivity contribution in [2.24, 2.45) is 0 Å². The Kier molecular flexibility index (Phi) is 7.64. The van der Waals surface area contributed by atoms with Crippen molar-refractivity contribution in [2.75, 3.05) is 13.2 Å². The van der Waals surface area contributed by atoms with Gasteiger partial charge in [-0.05, 0) is 58.8 Å². The van der Waals surface area contributed by atoms with E-state index >= 15 is 0 Å². The number of ether oxygens (including phenoxy) is 2. The molecule has 1 saturated heterocycles. The lowest BCUT2D eigenvalue weighted by molar-refractivity contribution is -0.122. The number of hydrogen-bond donors (Lipinski definition) is 1. The summed E-state index contributed by atoms with van der Waals surface area (Å²) in [6.45, 7) is 6.17. The number of hydrogen-bond acceptors (Lipinski definition) is 4. The number of rotatable bonds is 8. The molecule has 9 heteroatoms. The molecule has 1 fully saturated rings. The summed E-state index contributed by atoms with van der Waals surface area (Å²) < 4.78 is 12.3. The van der Waals surface area contributed by atoms with Crippen LogP contribution in [-0.4, -0.2) is 30.0 Å². The lowest BCUT2D eigenvalue weighted by atomic mass is 10.1. The van der Waals surface area contributed by atoms with Gasteiger partial charge in [-0.3, -0.25) is 9.69 Å². The Hall–Kier alpha value is -2.48. The van der Waals surface area contributed by atoms with E-state index in [1.807, 2.05) is 6.92 Å². The summed E-state index contributed by atoms with van der Waals surface area (Å²) in [5, 5.41) is 3.61. The molecule has 1 heterocycles. The zero-order chi connectivity index (χ0) is 22.5. The van der Waals surface area contributed by atoms with Crippen molar-refractivity contribution in [3.05, 3.63) is 74.3 Å². The predicted molar refractivity (Wildman–Crippen MR) is 125 cm³/mol. The van der Waals surface area contributed by atoms with Crippen LogP contribution >= 0.6 is 39.1 Å². The van der Waals surface area contributed by atoms with Crippen LogP contribution < -0.4 is 14.8 Å². The van der Waals surface area contributed by atoms with Gasteiger partial charge in [0, 0.05) is 22.2 Å². The van der Waals surface area contributed by atoms with Gasteiger partial charge in [0.05, 0.1) is 11.1 Å². The van der Waals surface area contributed by atoms with Gasteiger partial charge in [-0.15, -0.1) is 6.58 Å². The van der Waals surface area contributed by atoms with E-state index in [2.05, 4.69) is 27.8 Å². The van der Waals surface area contributed by atoms with E-state index in [0.29, 0.717) is 38.2 Å². The minimum absolute atomic E-state index is 0.135. The topological polar surface area (TPSA) is 67.9 Å². The Morgan fingerprint density at radius 3 is 2.65 bits per heavy atom. The number of amides is 3. The highest BCUT2D eigenvalue weighted by atomic mass is 79.9. The third kappa shape index (κ3) is 5.42. The Morgan fingerprint density at radius 2 is 1.97 bits per heavy atom. The van der Waals surface area contributed by atoms with Crippen LogP contribution in [0.25, 0.3) is 6.08 Å². The van der Waals surface area contributed by atoms with Gasteiger partial charge >= 0.3 is 6.03 Å². The summed E-state index contributed by atoms with van der Waals surface area (Å²) in [4.78, 5) is 25.5. The second kappa shape index (κ2) is 10.2. The van der Waals surface area contributed by atoms with Gasteiger partial charge < -0.3 is 14.8 Å². The summed E-state index contributed by atoms with van der Waals surface area (Å²) in [6.07, 6.45) is 3.07. The van der Waals surface area contributed by atoms with Gasteiger partial charge in [0.2, 0.25) is 0 Å². The number of carbonyl (C=O) groups excluding carboxylic acids is 2. The maximum atomic E-state index is 12.4.